The molecule has 0 aliphatic carbocycles. The smallest absolute Gasteiger partial charge is 0.164 e. The second-order valence-electron chi connectivity index (χ2n) is 16.8. The van der Waals surface area contributed by atoms with E-state index in [-0.39, 0.29) is 0 Å². The van der Waals surface area contributed by atoms with Gasteiger partial charge in [0, 0.05) is 49.5 Å². The lowest BCUT2D eigenvalue weighted by molar-refractivity contribution is 1.08. The van der Waals surface area contributed by atoms with Gasteiger partial charge in [-0.1, -0.05) is 182 Å². The monoisotopic (exact) mass is 841 g/mol. The van der Waals surface area contributed by atoms with Gasteiger partial charge in [-0.25, -0.2) is 15.0 Å². The standard InChI is InChI=1S/C61H39N5/c1-4-18-40(19-5-1)46-24-12-15-29-54(46)66-56-31-17-14-28-50(56)53-38-42(33-37-57(53)66)45-35-36-52(48-26-11-10-25-47(45)48)61-63-59(41-20-6-2-7-21-41)62-60(64-61)43-32-34-51-49-27-13-16-30-55(49)65(58(51)39-43)44-22-8-3-9-23-44/h1-39H. The number of rotatable bonds is 7. The Balaban J connectivity index is 0.974. The van der Waals surface area contributed by atoms with Crippen LogP contribution < -0.4 is 0 Å². The second-order valence-corrected chi connectivity index (χ2v) is 16.8. The van der Waals surface area contributed by atoms with Crippen molar-refractivity contribution in [2.45, 2.75) is 0 Å². The SMILES string of the molecule is c1ccc(-c2nc(-c3ccc4c5ccccc5n(-c5ccccc5)c4c3)nc(-c3ccc(-c4ccc5c(c4)c4ccccc4n5-c4ccccc4-c4ccccc4)c4ccccc34)n2)cc1. The molecule has 0 aliphatic rings. The molecule has 0 bridgehead atoms. The molecular weight excluding hydrogens is 803 g/mol. The van der Waals surface area contributed by atoms with Crippen molar-refractivity contribution in [3.05, 3.63) is 237 Å². The van der Waals surface area contributed by atoms with Crippen LogP contribution in [0.1, 0.15) is 0 Å². The minimum absolute atomic E-state index is 0.620. The highest BCUT2D eigenvalue weighted by molar-refractivity contribution is 6.13. The molecule has 0 amide bonds. The number of hydrogen-bond donors (Lipinski definition) is 0. The van der Waals surface area contributed by atoms with Crippen LogP contribution in [0.4, 0.5) is 0 Å². The summed E-state index contributed by atoms with van der Waals surface area (Å²) >= 11 is 0. The van der Waals surface area contributed by atoms with E-state index >= 15 is 0 Å². The van der Waals surface area contributed by atoms with Gasteiger partial charge in [-0.3, -0.25) is 0 Å². The molecule has 13 rings (SSSR count). The lowest BCUT2D eigenvalue weighted by Gasteiger charge is -2.15. The highest BCUT2D eigenvalue weighted by Gasteiger charge is 2.20. The Morgan fingerprint density at radius 1 is 0.242 bits per heavy atom. The van der Waals surface area contributed by atoms with Gasteiger partial charge in [0.05, 0.1) is 27.8 Å². The highest BCUT2D eigenvalue weighted by Crippen LogP contribution is 2.41. The van der Waals surface area contributed by atoms with Crippen LogP contribution >= 0.6 is 0 Å². The molecule has 0 saturated heterocycles. The van der Waals surface area contributed by atoms with Crippen molar-refractivity contribution < 1.29 is 0 Å². The minimum Gasteiger partial charge on any atom is -0.309 e. The van der Waals surface area contributed by atoms with Crippen molar-refractivity contribution in [1.82, 2.24) is 24.1 Å². The highest BCUT2D eigenvalue weighted by atomic mass is 15.0. The maximum Gasteiger partial charge on any atom is 0.164 e. The molecule has 0 fully saturated rings. The summed E-state index contributed by atoms with van der Waals surface area (Å²) in [7, 11) is 0. The van der Waals surface area contributed by atoms with Gasteiger partial charge < -0.3 is 9.13 Å². The van der Waals surface area contributed by atoms with E-state index in [0.29, 0.717) is 17.5 Å². The van der Waals surface area contributed by atoms with Gasteiger partial charge in [0.2, 0.25) is 0 Å². The lowest BCUT2D eigenvalue weighted by atomic mass is 9.94. The Morgan fingerprint density at radius 3 is 1.48 bits per heavy atom. The molecular formula is C61H39N5. The third-order valence-corrected chi connectivity index (χ3v) is 13.0. The van der Waals surface area contributed by atoms with Crippen LogP contribution in [0.3, 0.4) is 0 Å². The molecule has 66 heavy (non-hydrogen) atoms. The summed E-state index contributed by atoms with van der Waals surface area (Å²) in [5.41, 5.74) is 14.3. The average Bonchev–Trinajstić information content (AvgIpc) is 3.91. The molecule has 0 atom stereocenters. The number of aromatic nitrogens is 5. The van der Waals surface area contributed by atoms with Crippen LogP contribution in [0.25, 0.3) is 122 Å². The molecule has 308 valence electrons. The maximum atomic E-state index is 5.32. The Kier molecular flexibility index (Phi) is 8.78. The summed E-state index contributed by atoms with van der Waals surface area (Å²) < 4.78 is 4.75. The topological polar surface area (TPSA) is 48.5 Å². The Bertz CT molecular complexity index is 3980. The molecule has 3 aromatic heterocycles. The van der Waals surface area contributed by atoms with Gasteiger partial charge in [0.1, 0.15) is 0 Å². The first kappa shape index (κ1) is 37.6. The predicted octanol–water partition coefficient (Wildman–Crippen LogP) is 15.6. The number of fused-ring (bicyclic) bond motifs is 7. The first-order valence-electron chi connectivity index (χ1n) is 22.4. The summed E-state index contributed by atoms with van der Waals surface area (Å²) in [6.45, 7) is 0. The fourth-order valence-electron chi connectivity index (χ4n) is 9.98. The van der Waals surface area contributed by atoms with E-state index in [1.54, 1.807) is 0 Å². The van der Waals surface area contributed by atoms with E-state index in [0.717, 1.165) is 66.5 Å². The largest absolute Gasteiger partial charge is 0.309 e. The predicted molar refractivity (Wildman–Crippen MR) is 273 cm³/mol. The zero-order chi connectivity index (χ0) is 43.6. The number of para-hydroxylation sites is 4. The molecule has 0 aliphatic heterocycles. The Morgan fingerprint density at radius 2 is 0.742 bits per heavy atom. The van der Waals surface area contributed by atoms with Crippen LogP contribution in [0.5, 0.6) is 0 Å². The van der Waals surface area contributed by atoms with Crippen molar-refractivity contribution in [3.8, 4) is 67.8 Å². The number of benzene rings is 10. The van der Waals surface area contributed by atoms with Crippen molar-refractivity contribution in [3.63, 3.8) is 0 Å². The van der Waals surface area contributed by atoms with E-state index in [2.05, 4.69) is 228 Å². The summed E-state index contributed by atoms with van der Waals surface area (Å²) in [4.78, 5) is 15.7. The molecule has 0 unspecified atom stereocenters. The van der Waals surface area contributed by atoms with Gasteiger partial charge in [-0.15, -0.1) is 0 Å². The molecule has 10 aromatic carbocycles. The summed E-state index contributed by atoms with van der Waals surface area (Å²) in [5.74, 6) is 1.87. The van der Waals surface area contributed by atoms with Crippen LogP contribution in [0.15, 0.2) is 237 Å². The quantitative estimate of drug-likeness (QED) is 0.161. The summed E-state index contributed by atoms with van der Waals surface area (Å²) in [6, 6.07) is 84.0. The van der Waals surface area contributed by atoms with E-state index in [4.69, 9.17) is 15.0 Å². The van der Waals surface area contributed by atoms with Gasteiger partial charge in [0.15, 0.2) is 17.5 Å². The molecule has 5 nitrogen and oxygen atoms in total. The third kappa shape index (κ3) is 6.13. The maximum absolute atomic E-state index is 5.32. The van der Waals surface area contributed by atoms with Crippen molar-refractivity contribution in [2.75, 3.05) is 0 Å². The summed E-state index contributed by atoms with van der Waals surface area (Å²) in [6.07, 6.45) is 0. The fraction of sp³-hybridized carbons (Fsp3) is 0. The normalized spacial score (nSPS) is 11.6. The fourth-order valence-corrected chi connectivity index (χ4v) is 9.98. The Hall–Kier alpha value is -8.93. The molecule has 3 heterocycles. The molecule has 0 spiro atoms. The van der Waals surface area contributed by atoms with E-state index in [1.165, 1.54) is 38.2 Å². The first-order chi connectivity index (χ1) is 32.7. The Labute approximate surface area is 381 Å². The number of hydrogen-bond acceptors (Lipinski definition) is 3. The molecule has 0 N–H and O–H groups in total. The number of nitrogens with zero attached hydrogens (tertiary/aromatic N) is 5. The average molecular weight is 842 g/mol. The molecule has 5 heteroatoms. The summed E-state index contributed by atoms with van der Waals surface area (Å²) in [5, 5.41) is 7.00. The molecule has 0 saturated carbocycles. The van der Waals surface area contributed by atoms with Crippen LogP contribution in [-0.2, 0) is 0 Å². The van der Waals surface area contributed by atoms with Crippen molar-refractivity contribution in [1.29, 1.82) is 0 Å². The van der Waals surface area contributed by atoms with Gasteiger partial charge in [-0.05, 0) is 82.1 Å². The van der Waals surface area contributed by atoms with Crippen LogP contribution in [0, 0.1) is 0 Å². The lowest BCUT2D eigenvalue weighted by Crippen LogP contribution is -2.01. The molecule has 0 radical (unpaired) electrons. The van der Waals surface area contributed by atoms with Crippen molar-refractivity contribution >= 4 is 54.4 Å². The van der Waals surface area contributed by atoms with E-state index in [1.807, 2.05) is 18.2 Å². The second kappa shape index (κ2) is 15.4. The van der Waals surface area contributed by atoms with Crippen LogP contribution in [-0.4, -0.2) is 24.1 Å². The minimum atomic E-state index is 0.620. The van der Waals surface area contributed by atoms with Crippen molar-refractivity contribution in [2.24, 2.45) is 0 Å². The zero-order valence-corrected chi connectivity index (χ0v) is 35.8. The van der Waals surface area contributed by atoms with Gasteiger partial charge in [0.25, 0.3) is 0 Å². The first-order valence-corrected chi connectivity index (χ1v) is 22.4. The third-order valence-electron chi connectivity index (χ3n) is 13.0. The van der Waals surface area contributed by atoms with E-state index < -0.39 is 0 Å². The van der Waals surface area contributed by atoms with Crippen LogP contribution in [0.2, 0.25) is 0 Å². The van der Waals surface area contributed by atoms with Gasteiger partial charge >= 0.3 is 0 Å². The van der Waals surface area contributed by atoms with E-state index in [9.17, 15) is 0 Å². The zero-order valence-electron chi connectivity index (χ0n) is 35.8. The molecule has 13 aromatic rings. The van der Waals surface area contributed by atoms with Gasteiger partial charge in [-0.2, -0.15) is 0 Å².